The van der Waals surface area contributed by atoms with Crippen LogP contribution in [0.15, 0.2) is 35.1 Å². The SMILES string of the molecule is CC1(O)CCCN(C(=O)c2cc(=O)c3ccccc3[nH]2)C1. The molecule has 0 saturated carbocycles. The Labute approximate surface area is 122 Å². The Hall–Kier alpha value is -2.14. The maximum atomic E-state index is 12.5. The molecule has 110 valence electrons. The lowest BCUT2D eigenvalue weighted by Crippen LogP contribution is -2.48. The number of nitrogens with zero attached hydrogens (tertiary/aromatic N) is 1. The number of amides is 1. The number of rotatable bonds is 1. The minimum Gasteiger partial charge on any atom is -0.388 e. The number of H-pyrrole nitrogens is 1. The molecule has 1 aromatic heterocycles. The van der Waals surface area contributed by atoms with Crippen LogP contribution < -0.4 is 5.43 Å². The minimum absolute atomic E-state index is 0.170. The number of carbonyl (C=O) groups is 1. The zero-order chi connectivity index (χ0) is 15.0. The Morgan fingerprint density at radius 3 is 2.90 bits per heavy atom. The summed E-state index contributed by atoms with van der Waals surface area (Å²) in [6.45, 7) is 2.63. The van der Waals surface area contributed by atoms with Gasteiger partial charge in [-0.1, -0.05) is 12.1 Å². The van der Waals surface area contributed by atoms with Gasteiger partial charge in [-0.15, -0.1) is 0 Å². The first-order valence-corrected chi connectivity index (χ1v) is 7.10. The van der Waals surface area contributed by atoms with Gasteiger partial charge in [0.25, 0.3) is 5.91 Å². The van der Waals surface area contributed by atoms with Crippen LogP contribution in [-0.4, -0.2) is 39.6 Å². The fourth-order valence-electron chi connectivity index (χ4n) is 2.88. The summed E-state index contributed by atoms with van der Waals surface area (Å²) < 4.78 is 0. The number of aromatic nitrogens is 1. The molecule has 2 N–H and O–H groups in total. The van der Waals surface area contributed by atoms with Crippen LogP contribution in [0.1, 0.15) is 30.3 Å². The Balaban J connectivity index is 1.96. The molecule has 1 amide bonds. The molecule has 0 bridgehead atoms. The molecule has 1 aliphatic rings. The Morgan fingerprint density at radius 1 is 1.38 bits per heavy atom. The summed E-state index contributed by atoms with van der Waals surface area (Å²) in [5.74, 6) is -0.238. The number of pyridine rings is 1. The van der Waals surface area contributed by atoms with Crippen molar-refractivity contribution < 1.29 is 9.90 Å². The van der Waals surface area contributed by atoms with Gasteiger partial charge in [0.1, 0.15) is 5.69 Å². The third-order valence-electron chi connectivity index (χ3n) is 3.93. The Bertz CT molecular complexity index is 749. The van der Waals surface area contributed by atoms with Crippen molar-refractivity contribution >= 4 is 16.8 Å². The number of aromatic amines is 1. The van der Waals surface area contributed by atoms with Crippen molar-refractivity contribution in [3.8, 4) is 0 Å². The maximum Gasteiger partial charge on any atom is 0.270 e. The molecule has 2 aromatic rings. The van der Waals surface area contributed by atoms with Gasteiger partial charge in [-0.25, -0.2) is 0 Å². The van der Waals surface area contributed by atoms with Crippen LogP contribution in [0.4, 0.5) is 0 Å². The second-order valence-electron chi connectivity index (χ2n) is 5.92. The highest BCUT2D eigenvalue weighted by Gasteiger charge is 2.31. The second-order valence-corrected chi connectivity index (χ2v) is 5.92. The van der Waals surface area contributed by atoms with E-state index in [0.29, 0.717) is 30.4 Å². The van der Waals surface area contributed by atoms with Crippen molar-refractivity contribution in [2.75, 3.05) is 13.1 Å². The van der Waals surface area contributed by atoms with Crippen LogP contribution in [0.3, 0.4) is 0 Å². The summed E-state index contributed by atoms with van der Waals surface area (Å²) >= 11 is 0. The number of carbonyl (C=O) groups excluding carboxylic acids is 1. The molecule has 1 aromatic carbocycles. The highest BCUT2D eigenvalue weighted by Crippen LogP contribution is 2.21. The first kappa shape index (κ1) is 13.8. The Kier molecular flexibility index (Phi) is 3.29. The summed E-state index contributed by atoms with van der Waals surface area (Å²) in [6, 6.07) is 8.46. The van der Waals surface area contributed by atoms with Gasteiger partial charge in [-0.05, 0) is 31.9 Å². The number of fused-ring (bicyclic) bond motifs is 1. The number of hydrogen-bond acceptors (Lipinski definition) is 3. The quantitative estimate of drug-likeness (QED) is 0.834. The van der Waals surface area contributed by atoms with Crippen molar-refractivity contribution in [1.82, 2.24) is 9.88 Å². The molecule has 0 aliphatic carbocycles. The van der Waals surface area contributed by atoms with Gasteiger partial charge in [0, 0.05) is 30.1 Å². The first-order chi connectivity index (χ1) is 9.96. The molecule has 0 radical (unpaired) electrons. The van der Waals surface area contributed by atoms with Crippen molar-refractivity contribution in [2.45, 2.75) is 25.4 Å². The van der Waals surface area contributed by atoms with Crippen molar-refractivity contribution in [2.24, 2.45) is 0 Å². The summed E-state index contributed by atoms with van der Waals surface area (Å²) in [4.78, 5) is 29.2. The van der Waals surface area contributed by atoms with Gasteiger partial charge in [0.2, 0.25) is 0 Å². The second kappa shape index (κ2) is 5.00. The van der Waals surface area contributed by atoms with Crippen LogP contribution in [0.2, 0.25) is 0 Å². The van der Waals surface area contributed by atoms with Gasteiger partial charge in [-0.3, -0.25) is 9.59 Å². The number of para-hydroxylation sites is 1. The number of aliphatic hydroxyl groups is 1. The van der Waals surface area contributed by atoms with E-state index in [0.717, 1.165) is 6.42 Å². The van der Waals surface area contributed by atoms with E-state index in [1.54, 1.807) is 30.0 Å². The molecular formula is C16H18N2O3. The molecule has 5 heteroatoms. The highest BCUT2D eigenvalue weighted by atomic mass is 16.3. The normalized spacial score (nSPS) is 22.5. The molecule has 1 saturated heterocycles. The number of benzene rings is 1. The predicted molar refractivity (Wildman–Crippen MR) is 80.3 cm³/mol. The number of β-amino-alcohol motifs (C(OH)–C–C–N with tert-alkyl or cyclic N) is 1. The van der Waals surface area contributed by atoms with Crippen molar-refractivity contribution in [3.05, 3.63) is 46.2 Å². The number of hydrogen-bond donors (Lipinski definition) is 2. The van der Waals surface area contributed by atoms with Crippen LogP contribution in [-0.2, 0) is 0 Å². The summed E-state index contributed by atoms with van der Waals surface area (Å²) in [6.07, 6.45) is 1.45. The van der Waals surface area contributed by atoms with E-state index in [1.807, 2.05) is 6.07 Å². The van der Waals surface area contributed by atoms with Crippen molar-refractivity contribution in [3.63, 3.8) is 0 Å². The molecule has 0 spiro atoms. The van der Waals surface area contributed by atoms with Gasteiger partial charge in [0.15, 0.2) is 5.43 Å². The Morgan fingerprint density at radius 2 is 2.14 bits per heavy atom. The largest absolute Gasteiger partial charge is 0.388 e. The standard InChI is InChI=1S/C16H18N2O3/c1-16(21)7-4-8-18(10-16)15(20)13-9-14(19)11-5-2-3-6-12(11)17-13/h2-3,5-6,9,21H,4,7-8,10H2,1H3,(H,17,19). The molecular weight excluding hydrogens is 268 g/mol. The predicted octanol–water partition coefficient (Wildman–Crippen LogP) is 1.52. The fourth-order valence-corrected chi connectivity index (χ4v) is 2.88. The number of piperidine rings is 1. The topological polar surface area (TPSA) is 73.4 Å². The molecule has 1 unspecified atom stereocenters. The smallest absolute Gasteiger partial charge is 0.270 e. The zero-order valence-electron chi connectivity index (χ0n) is 11.9. The lowest BCUT2D eigenvalue weighted by atomic mass is 9.95. The van der Waals surface area contributed by atoms with E-state index in [9.17, 15) is 14.7 Å². The summed E-state index contributed by atoms with van der Waals surface area (Å²) in [5, 5.41) is 10.7. The molecule has 2 heterocycles. The van der Waals surface area contributed by atoms with E-state index in [-0.39, 0.29) is 17.0 Å². The molecule has 5 nitrogen and oxygen atoms in total. The van der Waals surface area contributed by atoms with Gasteiger partial charge in [0.05, 0.1) is 5.60 Å². The number of nitrogens with one attached hydrogen (secondary N) is 1. The number of likely N-dealkylation sites (tertiary alicyclic amines) is 1. The van der Waals surface area contributed by atoms with Crippen molar-refractivity contribution in [1.29, 1.82) is 0 Å². The summed E-state index contributed by atoms with van der Waals surface area (Å²) in [5.41, 5.74) is -0.101. The van der Waals surface area contributed by atoms with E-state index in [1.165, 1.54) is 6.07 Å². The van der Waals surface area contributed by atoms with Crippen LogP contribution in [0.25, 0.3) is 10.9 Å². The third kappa shape index (κ3) is 2.69. The average Bonchev–Trinajstić information content (AvgIpc) is 2.45. The van der Waals surface area contributed by atoms with Crippen LogP contribution >= 0.6 is 0 Å². The summed E-state index contributed by atoms with van der Waals surface area (Å²) in [7, 11) is 0. The lowest BCUT2D eigenvalue weighted by molar-refractivity contribution is -0.0109. The third-order valence-corrected chi connectivity index (χ3v) is 3.93. The van der Waals surface area contributed by atoms with E-state index in [4.69, 9.17) is 0 Å². The molecule has 21 heavy (non-hydrogen) atoms. The average molecular weight is 286 g/mol. The van der Waals surface area contributed by atoms with Gasteiger partial charge >= 0.3 is 0 Å². The van der Waals surface area contributed by atoms with E-state index in [2.05, 4.69) is 4.98 Å². The maximum absolute atomic E-state index is 12.5. The molecule has 3 rings (SSSR count). The van der Waals surface area contributed by atoms with Crippen LogP contribution in [0.5, 0.6) is 0 Å². The molecule has 1 atom stereocenters. The highest BCUT2D eigenvalue weighted by molar-refractivity contribution is 5.95. The fraction of sp³-hybridized carbons (Fsp3) is 0.375. The zero-order valence-corrected chi connectivity index (χ0v) is 11.9. The minimum atomic E-state index is -0.856. The molecule has 1 fully saturated rings. The van der Waals surface area contributed by atoms with Crippen LogP contribution in [0, 0.1) is 0 Å². The molecule has 1 aliphatic heterocycles. The first-order valence-electron chi connectivity index (χ1n) is 7.10. The van der Waals surface area contributed by atoms with Gasteiger partial charge < -0.3 is 15.0 Å². The van der Waals surface area contributed by atoms with E-state index >= 15 is 0 Å². The van der Waals surface area contributed by atoms with E-state index < -0.39 is 5.60 Å². The van der Waals surface area contributed by atoms with Gasteiger partial charge in [-0.2, -0.15) is 0 Å². The lowest BCUT2D eigenvalue weighted by Gasteiger charge is -2.36. The monoisotopic (exact) mass is 286 g/mol.